The van der Waals surface area contributed by atoms with Crippen LogP contribution in [0.2, 0.25) is 5.02 Å². The number of methoxy groups -OCH3 is 2. The van der Waals surface area contributed by atoms with Gasteiger partial charge in [-0.25, -0.2) is 13.8 Å². The van der Waals surface area contributed by atoms with Crippen molar-refractivity contribution in [1.82, 2.24) is 5.43 Å². The molecule has 3 rings (SSSR count). The van der Waals surface area contributed by atoms with Gasteiger partial charge in [0, 0.05) is 5.02 Å². The predicted octanol–water partition coefficient (Wildman–Crippen LogP) is 3.70. The van der Waals surface area contributed by atoms with Crippen LogP contribution in [0, 0.1) is 0 Å². The summed E-state index contributed by atoms with van der Waals surface area (Å²) in [5.74, 6) is 0.432. The first kappa shape index (κ1) is 24.1. The van der Waals surface area contributed by atoms with E-state index in [-0.39, 0.29) is 10.6 Å². The molecule has 1 amide bonds. The standard InChI is InChI=1S/C23H22ClN3O5S/c1-31-21-12-11-17(13-22(21)32-2)15-25-26-23(28)16-27(19-8-6-7-18(24)14-19)33(29,30)20-9-4-3-5-10-20/h3-15H,16H2,1-2H3,(H,26,28). The fourth-order valence-corrected chi connectivity index (χ4v) is 4.56. The fraction of sp³-hybridized carbons (Fsp3) is 0.130. The number of amides is 1. The molecule has 0 spiro atoms. The Kier molecular flexibility index (Phi) is 7.92. The molecular formula is C23H22ClN3O5S. The van der Waals surface area contributed by atoms with Crippen molar-refractivity contribution in [3.8, 4) is 11.5 Å². The van der Waals surface area contributed by atoms with Gasteiger partial charge in [0.2, 0.25) is 0 Å². The zero-order valence-electron chi connectivity index (χ0n) is 17.9. The van der Waals surface area contributed by atoms with Gasteiger partial charge in [0.25, 0.3) is 15.9 Å². The van der Waals surface area contributed by atoms with Gasteiger partial charge >= 0.3 is 0 Å². The van der Waals surface area contributed by atoms with E-state index in [1.165, 1.54) is 38.6 Å². The van der Waals surface area contributed by atoms with Crippen LogP contribution in [0.5, 0.6) is 11.5 Å². The van der Waals surface area contributed by atoms with Gasteiger partial charge in [-0.05, 0) is 54.1 Å². The van der Waals surface area contributed by atoms with Gasteiger partial charge in [0.15, 0.2) is 11.5 Å². The van der Waals surface area contributed by atoms with Gasteiger partial charge in [-0.3, -0.25) is 9.10 Å². The minimum absolute atomic E-state index is 0.0478. The van der Waals surface area contributed by atoms with Crippen molar-refractivity contribution >= 4 is 39.4 Å². The minimum atomic E-state index is -4.03. The Balaban J connectivity index is 1.80. The van der Waals surface area contributed by atoms with E-state index in [9.17, 15) is 13.2 Å². The smallest absolute Gasteiger partial charge is 0.264 e. The number of nitrogens with one attached hydrogen (secondary N) is 1. The molecule has 0 bridgehead atoms. The van der Waals surface area contributed by atoms with E-state index in [4.69, 9.17) is 21.1 Å². The number of rotatable bonds is 9. The van der Waals surface area contributed by atoms with Crippen molar-refractivity contribution in [3.05, 3.63) is 83.4 Å². The zero-order valence-corrected chi connectivity index (χ0v) is 19.5. The Labute approximate surface area is 197 Å². The molecule has 0 radical (unpaired) electrons. The maximum atomic E-state index is 13.2. The number of ether oxygens (including phenoxy) is 2. The van der Waals surface area contributed by atoms with Gasteiger partial charge in [0.1, 0.15) is 6.54 Å². The van der Waals surface area contributed by atoms with Crippen LogP contribution >= 0.6 is 11.6 Å². The maximum absolute atomic E-state index is 13.2. The quantitative estimate of drug-likeness (QED) is 0.366. The van der Waals surface area contributed by atoms with Crippen LogP contribution in [0.4, 0.5) is 5.69 Å². The number of benzene rings is 3. The molecule has 0 atom stereocenters. The number of carbonyl (C=O) groups is 1. The Morgan fingerprint density at radius 2 is 1.73 bits per heavy atom. The zero-order chi connectivity index (χ0) is 23.8. The summed E-state index contributed by atoms with van der Waals surface area (Å²) >= 11 is 6.05. The first-order valence-electron chi connectivity index (χ1n) is 9.72. The van der Waals surface area contributed by atoms with Crippen LogP contribution in [0.3, 0.4) is 0 Å². The average molecular weight is 488 g/mol. The summed E-state index contributed by atoms with van der Waals surface area (Å²) in [6, 6.07) is 19.2. The molecule has 0 saturated heterocycles. The topological polar surface area (TPSA) is 97.3 Å². The normalized spacial score (nSPS) is 11.2. The van der Waals surface area contributed by atoms with Gasteiger partial charge < -0.3 is 9.47 Å². The highest BCUT2D eigenvalue weighted by Gasteiger charge is 2.27. The lowest BCUT2D eigenvalue weighted by Gasteiger charge is -2.23. The molecule has 3 aromatic carbocycles. The number of anilines is 1. The Hall–Kier alpha value is -3.56. The molecule has 0 saturated carbocycles. The molecule has 0 aliphatic rings. The molecule has 3 aromatic rings. The summed E-state index contributed by atoms with van der Waals surface area (Å²) in [6.45, 7) is -0.499. The lowest BCUT2D eigenvalue weighted by Crippen LogP contribution is -2.39. The largest absolute Gasteiger partial charge is 0.493 e. The maximum Gasteiger partial charge on any atom is 0.264 e. The average Bonchev–Trinajstić information content (AvgIpc) is 2.82. The van der Waals surface area contributed by atoms with Crippen LogP contribution in [0.1, 0.15) is 5.56 Å². The first-order chi connectivity index (χ1) is 15.8. The summed E-state index contributed by atoms with van der Waals surface area (Å²) in [5.41, 5.74) is 3.26. The molecule has 0 heterocycles. The van der Waals surface area contributed by atoms with Crippen molar-refractivity contribution in [1.29, 1.82) is 0 Å². The van der Waals surface area contributed by atoms with Gasteiger partial charge in [-0.1, -0.05) is 35.9 Å². The summed E-state index contributed by atoms with van der Waals surface area (Å²) in [4.78, 5) is 12.6. The van der Waals surface area contributed by atoms with E-state index < -0.39 is 22.5 Å². The summed E-state index contributed by atoms with van der Waals surface area (Å²) in [7, 11) is -0.987. The second-order valence-corrected chi connectivity index (χ2v) is 9.01. The fourth-order valence-electron chi connectivity index (χ4n) is 2.94. The molecule has 0 fully saturated rings. The highest BCUT2D eigenvalue weighted by molar-refractivity contribution is 7.92. The number of sulfonamides is 1. The summed E-state index contributed by atoms with van der Waals surface area (Å²) < 4.78 is 37.9. The van der Waals surface area contributed by atoms with Crippen LogP contribution in [-0.4, -0.2) is 41.3 Å². The molecule has 0 aromatic heterocycles. The molecule has 33 heavy (non-hydrogen) atoms. The van der Waals surface area contributed by atoms with E-state index >= 15 is 0 Å². The Morgan fingerprint density at radius 3 is 2.39 bits per heavy atom. The molecule has 0 aliphatic carbocycles. The van der Waals surface area contributed by atoms with Crippen molar-refractivity contribution in [2.75, 3.05) is 25.1 Å². The summed E-state index contributed by atoms with van der Waals surface area (Å²) in [5, 5.41) is 4.26. The van der Waals surface area contributed by atoms with Crippen LogP contribution in [-0.2, 0) is 14.8 Å². The van der Waals surface area contributed by atoms with Crippen LogP contribution in [0.25, 0.3) is 0 Å². The second-order valence-electron chi connectivity index (χ2n) is 6.71. The number of hydrogen-bond donors (Lipinski definition) is 1. The summed E-state index contributed by atoms with van der Waals surface area (Å²) in [6.07, 6.45) is 1.41. The molecular weight excluding hydrogens is 466 g/mol. The van der Waals surface area contributed by atoms with Crippen LogP contribution in [0.15, 0.2) is 82.8 Å². The molecule has 1 N–H and O–H groups in total. The second kappa shape index (κ2) is 10.8. The van der Waals surface area contributed by atoms with Gasteiger partial charge in [-0.15, -0.1) is 0 Å². The monoisotopic (exact) mass is 487 g/mol. The van der Waals surface area contributed by atoms with E-state index in [1.807, 2.05) is 0 Å². The van der Waals surface area contributed by atoms with Crippen molar-refractivity contribution in [2.45, 2.75) is 4.90 Å². The molecule has 8 nitrogen and oxygen atoms in total. The molecule has 10 heteroatoms. The predicted molar refractivity (Wildman–Crippen MR) is 128 cm³/mol. The highest BCUT2D eigenvalue weighted by Crippen LogP contribution is 2.27. The molecule has 0 aliphatic heterocycles. The number of nitrogens with zero attached hydrogens (tertiary/aromatic N) is 2. The Morgan fingerprint density at radius 1 is 1.00 bits per heavy atom. The third kappa shape index (κ3) is 6.03. The number of hydrogen-bond acceptors (Lipinski definition) is 6. The van der Waals surface area contributed by atoms with E-state index in [0.29, 0.717) is 22.1 Å². The number of hydrazone groups is 1. The Bertz CT molecular complexity index is 1250. The van der Waals surface area contributed by atoms with E-state index in [2.05, 4.69) is 10.5 Å². The lowest BCUT2D eigenvalue weighted by atomic mass is 10.2. The van der Waals surface area contributed by atoms with Crippen LogP contribution < -0.4 is 19.2 Å². The van der Waals surface area contributed by atoms with Crippen molar-refractivity contribution < 1.29 is 22.7 Å². The molecule has 172 valence electrons. The third-order valence-corrected chi connectivity index (χ3v) is 6.55. The molecule has 0 unspecified atom stereocenters. The van der Waals surface area contributed by atoms with Crippen molar-refractivity contribution in [3.63, 3.8) is 0 Å². The first-order valence-corrected chi connectivity index (χ1v) is 11.5. The number of halogens is 1. The third-order valence-electron chi connectivity index (χ3n) is 4.53. The van der Waals surface area contributed by atoms with E-state index in [0.717, 1.165) is 4.31 Å². The van der Waals surface area contributed by atoms with Gasteiger partial charge in [0.05, 0.1) is 31.0 Å². The minimum Gasteiger partial charge on any atom is -0.493 e. The van der Waals surface area contributed by atoms with E-state index in [1.54, 1.807) is 54.6 Å². The van der Waals surface area contributed by atoms with Gasteiger partial charge in [-0.2, -0.15) is 5.10 Å². The van der Waals surface area contributed by atoms with Crippen molar-refractivity contribution in [2.24, 2.45) is 5.10 Å². The highest BCUT2D eigenvalue weighted by atomic mass is 35.5. The SMILES string of the molecule is COc1ccc(C=NNC(=O)CN(c2cccc(Cl)c2)S(=O)(=O)c2ccccc2)cc1OC. The number of carbonyl (C=O) groups excluding carboxylic acids is 1. The lowest BCUT2D eigenvalue weighted by molar-refractivity contribution is -0.119.